The number of amides is 2. The second kappa shape index (κ2) is 5.18. The standard InChI is InChI=1S/C13H15NO4/c1-9(11(15)10-5-3-2-4-6-10)12(16)14-7-8-18-13(14)17/h2-6,9,11,15H,7-8H2,1H3/t9-,11-/m0/s1. The smallest absolute Gasteiger partial charge is 0.416 e. The number of hydrogen-bond donors (Lipinski definition) is 1. The van der Waals surface area contributed by atoms with E-state index >= 15 is 0 Å². The normalized spacial score (nSPS) is 18.3. The van der Waals surface area contributed by atoms with Crippen LogP contribution in [0.15, 0.2) is 30.3 Å². The van der Waals surface area contributed by atoms with Crippen LogP contribution in [0, 0.1) is 5.92 Å². The first-order valence-corrected chi connectivity index (χ1v) is 5.82. The Morgan fingerprint density at radius 3 is 2.61 bits per heavy atom. The van der Waals surface area contributed by atoms with Gasteiger partial charge in [0.15, 0.2) is 0 Å². The third-order valence-corrected chi connectivity index (χ3v) is 3.03. The predicted molar refractivity (Wildman–Crippen MR) is 63.6 cm³/mol. The van der Waals surface area contributed by atoms with E-state index < -0.39 is 24.0 Å². The molecule has 0 saturated carbocycles. The van der Waals surface area contributed by atoms with Crippen molar-refractivity contribution in [3.63, 3.8) is 0 Å². The molecule has 0 bridgehead atoms. The minimum Gasteiger partial charge on any atom is -0.447 e. The molecule has 1 heterocycles. The summed E-state index contributed by atoms with van der Waals surface area (Å²) >= 11 is 0. The summed E-state index contributed by atoms with van der Waals surface area (Å²) in [5.41, 5.74) is 0.658. The van der Waals surface area contributed by atoms with E-state index in [2.05, 4.69) is 0 Å². The number of aliphatic hydroxyl groups is 1. The highest BCUT2D eigenvalue weighted by atomic mass is 16.6. The Bertz CT molecular complexity index is 446. The summed E-state index contributed by atoms with van der Waals surface area (Å²) in [6.07, 6.45) is -1.56. The van der Waals surface area contributed by atoms with Crippen molar-refractivity contribution in [2.75, 3.05) is 13.2 Å². The van der Waals surface area contributed by atoms with Crippen LogP contribution in [0.1, 0.15) is 18.6 Å². The fourth-order valence-electron chi connectivity index (χ4n) is 1.91. The molecule has 2 amide bonds. The number of ether oxygens (including phenoxy) is 1. The number of benzene rings is 1. The predicted octanol–water partition coefficient (Wildman–Crippen LogP) is 1.33. The van der Waals surface area contributed by atoms with Gasteiger partial charge in [0.1, 0.15) is 6.61 Å². The SMILES string of the molecule is C[C@H](C(=O)N1CCOC1=O)[C@H](O)c1ccccc1. The molecule has 18 heavy (non-hydrogen) atoms. The number of aliphatic hydroxyl groups excluding tert-OH is 1. The summed E-state index contributed by atoms with van der Waals surface area (Å²) in [5, 5.41) is 10.1. The van der Waals surface area contributed by atoms with Crippen LogP contribution in [-0.4, -0.2) is 35.2 Å². The molecule has 96 valence electrons. The van der Waals surface area contributed by atoms with E-state index in [1.54, 1.807) is 31.2 Å². The minimum atomic E-state index is -0.924. The maximum absolute atomic E-state index is 12.0. The largest absolute Gasteiger partial charge is 0.447 e. The Morgan fingerprint density at radius 2 is 2.06 bits per heavy atom. The maximum Gasteiger partial charge on any atom is 0.416 e. The van der Waals surface area contributed by atoms with Gasteiger partial charge in [0.05, 0.1) is 18.6 Å². The fourth-order valence-corrected chi connectivity index (χ4v) is 1.91. The number of carbonyl (C=O) groups is 2. The number of carbonyl (C=O) groups excluding carboxylic acids is 2. The maximum atomic E-state index is 12.0. The van der Waals surface area contributed by atoms with Crippen LogP contribution < -0.4 is 0 Å². The molecule has 5 nitrogen and oxygen atoms in total. The lowest BCUT2D eigenvalue weighted by Crippen LogP contribution is -2.38. The quantitative estimate of drug-likeness (QED) is 0.877. The van der Waals surface area contributed by atoms with Crippen molar-refractivity contribution in [3.05, 3.63) is 35.9 Å². The summed E-state index contributed by atoms with van der Waals surface area (Å²) in [7, 11) is 0. The van der Waals surface area contributed by atoms with E-state index in [9.17, 15) is 14.7 Å². The molecule has 1 fully saturated rings. The number of hydrogen-bond acceptors (Lipinski definition) is 4. The Labute approximate surface area is 105 Å². The van der Waals surface area contributed by atoms with Crippen molar-refractivity contribution < 1.29 is 19.4 Å². The van der Waals surface area contributed by atoms with Crippen LogP contribution in [0.4, 0.5) is 4.79 Å². The highest BCUT2D eigenvalue weighted by molar-refractivity contribution is 5.94. The van der Waals surface area contributed by atoms with Gasteiger partial charge in [0.2, 0.25) is 5.91 Å². The Hall–Kier alpha value is -1.88. The highest BCUT2D eigenvalue weighted by Crippen LogP contribution is 2.24. The molecule has 0 aliphatic carbocycles. The topological polar surface area (TPSA) is 66.8 Å². The van der Waals surface area contributed by atoms with Crippen LogP contribution in [0.2, 0.25) is 0 Å². The van der Waals surface area contributed by atoms with Crippen molar-refractivity contribution in [2.24, 2.45) is 5.92 Å². The second-order valence-corrected chi connectivity index (χ2v) is 4.25. The van der Waals surface area contributed by atoms with E-state index in [1.807, 2.05) is 6.07 Å². The van der Waals surface area contributed by atoms with Crippen LogP contribution in [0.3, 0.4) is 0 Å². The molecule has 1 aliphatic rings. The van der Waals surface area contributed by atoms with Crippen molar-refractivity contribution in [2.45, 2.75) is 13.0 Å². The summed E-state index contributed by atoms with van der Waals surface area (Å²) in [4.78, 5) is 24.4. The molecular formula is C13H15NO4. The van der Waals surface area contributed by atoms with Crippen molar-refractivity contribution in [1.82, 2.24) is 4.90 Å². The van der Waals surface area contributed by atoms with Gasteiger partial charge >= 0.3 is 6.09 Å². The zero-order chi connectivity index (χ0) is 13.1. The molecule has 1 aliphatic heterocycles. The average molecular weight is 249 g/mol. The molecule has 1 N–H and O–H groups in total. The van der Waals surface area contributed by atoms with Gasteiger partial charge in [0.25, 0.3) is 0 Å². The van der Waals surface area contributed by atoms with Gasteiger partial charge in [-0.15, -0.1) is 0 Å². The third kappa shape index (κ3) is 2.36. The fraction of sp³-hybridized carbons (Fsp3) is 0.385. The summed E-state index contributed by atoms with van der Waals surface area (Å²) in [6.45, 7) is 2.08. The lowest BCUT2D eigenvalue weighted by atomic mass is 9.96. The molecule has 0 unspecified atom stereocenters. The van der Waals surface area contributed by atoms with E-state index in [0.29, 0.717) is 5.56 Å². The molecule has 5 heteroatoms. The first-order chi connectivity index (χ1) is 8.61. The van der Waals surface area contributed by atoms with E-state index in [0.717, 1.165) is 4.90 Å². The molecule has 0 spiro atoms. The van der Waals surface area contributed by atoms with Crippen molar-refractivity contribution in [3.8, 4) is 0 Å². The van der Waals surface area contributed by atoms with Crippen molar-refractivity contribution in [1.29, 1.82) is 0 Å². The Balaban J connectivity index is 2.09. The molecule has 2 atom stereocenters. The molecule has 2 rings (SSSR count). The van der Waals surface area contributed by atoms with Gasteiger partial charge in [-0.1, -0.05) is 37.3 Å². The molecule has 0 radical (unpaired) electrons. The number of imide groups is 1. The van der Waals surface area contributed by atoms with Gasteiger partial charge in [-0.2, -0.15) is 0 Å². The minimum absolute atomic E-state index is 0.221. The number of rotatable bonds is 3. The zero-order valence-electron chi connectivity index (χ0n) is 10.1. The van der Waals surface area contributed by atoms with Gasteiger partial charge in [-0.05, 0) is 5.56 Å². The lowest BCUT2D eigenvalue weighted by Gasteiger charge is -2.21. The number of cyclic esters (lactones) is 1. The van der Waals surface area contributed by atoms with E-state index in [1.165, 1.54) is 0 Å². The average Bonchev–Trinajstić information content (AvgIpc) is 2.83. The lowest BCUT2D eigenvalue weighted by molar-refractivity contribution is -0.135. The van der Waals surface area contributed by atoms with Crippen LogP contribution in [-0.2, 0) is 9.53 Å². The highest BCUT2D eigenvalue weighted by Gasteiger charge is 2.34. The molecule has 1 aromatic rings. The monoisotopic (exact) mass is 249 g/mol. The second-order valence-electron chi connectivity index (χ2n) is 4.25. The van der Waals surface area contributed by atoms with Crippen LogP contribution in [0.5, 0.6) is 0 Å². The summed E-state index contributed by atoms with van der Waals surface area (Å²) in [5.74, 6) is -1.09. The first-order valence-electron chi connectivity index (χ1n) is 5.82. The van der Waals surface area contributed by atoms with Gasteiger partial charge in [-0.25, -0.2) is 9.69 Å². The number of nitrogens with zero attached hydrogens (tertiary/aromatic N) is 1. The molecular weight excluding hydrogens is 234 g/mol. The molecule has 1 saturated heterocycles. The van der Waals surface area contributed by atoms with Gasteiger partial charge in [-0.3, -0.25) is 4.79 Å². The van der Waals surface area contributed by atoms with Gasteiger partial charge < -0.3 is 9.84 Å². The van der Waals surface area contributed by atoms with E-state index in [4.69, 9.17) is 4.74 Å². The first kappa shape index (κ1) is 12.6. The van der Waals surface area contributed by atoms with Gasteiger partial charge in [0, 0.05) is 0 Å². The van der Waals surface area contributed by atoms with Crippen LogP contribution in [0.25, 0.3) is 0 Å². The Morgan fingerprint density at radius 1 is 1.39 bits per heavy atom. The van der Waals surface area contributed by atoms with E-state index in [-0.39, 0.29) is 13.2 Å². The molecule has 1 aromatic carbocycles. The summed E-state index contributed by atoms with van der Waals surface area (Å²) in [6, 6.07) is 8.91. The van der Waals surface area contributed by atoms with Crippen LogP contribution >= 0.6 is 0 Å². The van der Waals surface area contributed by atoms with Crippen molar-refractivity contribution >= 4 is 12.0 Å². The summed E-state index contributed by atoms with van der Waals surface area (Å²) < 4.78 is 4.71. The third-order valence-electron chi connectivity index (χ3n) is 3.03. The Kier molecular flexibility index (Phi) is 3.62. The zero-order valence-corrected chi connectivity index (χ0v) is 10.1. The molecule has 0 aromatic heterocycles.